The van der Waals surface area contributed by atoms with Crippen molar-refractivity contribution in [3.05, 3.63) is 0 Å². The minimum absolute atomic E-state index is 0.0227. The van der Waals surface area contributed by atoms with E-state index in [1.54, 1.807) is 6.92 Å². The number of carboxylic acids is 1. The summed E-state index contributed by atoms with van der Waals surface area (Å²) in [5.41, 5.74) is -0.978. The van der Waals surface area contributed by atoms with E-state index in [-0.39, 0.29) is 18.2 Å². The topological polar surface area (TPSA) is 57.6 Å². The van der Waals surface area contributed by atoms with Crippen LogP contribution < -0.4 is 0 Å². The maximum absolute atomic E-state index is 12.4. The zero-order valence-electron chi connectivity index (χ0n) is 13.7. The summed E-state index contributed by atoms with van der Waals surface area (Å²) in [6, 6.07) is 0. The molecule has 20 heavy (non-hydrogen) atoms. The molecule has 0 bridgehead atoms. The lowest BCUT2D eigenvalue weighted by Gasteiger charge is -2.31. The van der Waals surface area contributed by atoms with Crippen molar-refractivity contribution in [1.29, 1.82) is 0 Å². The van der Waals surface area contributed by atoms with Crippen LogP contribution in [0, 0.1) is 11.3 Å². The fourth-order valence-corrected chi connectivity index (χ4v) is 2.01. The van der Waals surface area contributed by atoms with Gasteiger partial charge in [-0.2, -0.15) is 0 Å². The number of carbonyl (C=O) groups is 2. The monoisotopic (exact) mass is 285 g/mol. The van der Waals surface area contributed by atoms with Gasteiger partial charge in [-0.15, -0.1) is 0 Å². The maximum Gasteiger partial charge on any atom is 0.310 e. The second-order valence-electron chi connectivity index (χ2n) is 6.14. The molecular weight excluding hydrogens is 254 g/mol. The van der Waals surface area contributed by atoms with Crippen molar-refractivity contribution in [1.82, 2.24) is 4.90 Å². The summed E-state index contributed by atoms with van der Waals surface area (Å²) in [5, 5.41) is 9.41. The number of unbranched alkanes of at least 4 members (excludes halogenated alkanes) is 2. The third-order valence-corrected chi connectivity index (χ3v) is 4.20. The molecule has 0 saturated heterocycles. The molecule has 0 aliphatic rings. The molecule has 0 aromatic rings. The van der Waals surface area contributed by atoms with Gasteiger partial charge in [0.25, 0.3) is 0 Å². The number of carbonyl (C=O) groups excluding carboxylic acids is 1. The van der Waals surface area contributed by atoms with Gasteiger partial charge in [0.1, 0.15) is 0 Å². The number of aliphatic carboxylic acids is 1. The average molecular weight is 285 g/mol. The Hall–Kier alpha value is -1.06. The summed E-state index contributed by atoms with van der Waals surface area (Å²) in [7, 11) is 0. The normalized spacial score (nSPS) is 14.1. The lowest BCUT2D eigenvalue weighted by molar-refractivity contribution is -0.155. The van der Waals surface area contributed by atoms with Gasteiger partial charge in [-0.25, -0.2) is 0 Å². The van der Waals surface area contributed by atoms with Crippen LogP contribution in [-0.2, 0) is 9.59 Å². The molecule has 1 amide bonds. The Labute approximate surface area is 123 Å². The second-order valence-corrected chi connectivity index (χ2v) is 6.14. The summed E-state index contributed by atoms with van der Waals surface area (Å²) < 4.78 is 0. The Morgan fingerprint density at radius 1 is 1.10 bits per heavy atom. The SMILES string of the molecule is CCCCN(CCCC)C(=O)CC(C)(C(=O)O)C(C)C. The van der Waals surface area contributed by atoms with Gasteiger partial charge in [0.05, 0.1) is 5.41 Å². The minimum Gasteiger partial charge on any atom is -0.481 e. The molecule has 1 unspecified atom stereocenters. The van der Waals surface area contributed by atoms with Crippen LogP contribution in [0.15, 0.2) is 0 Å². The van der Waals surface area contributed by atoms with Crippen LogP contribution in [0.25, 0.3) is 0 Å². The van der Waals surface area contributed by atoms with Gasteiger partial charge in [-0.05, 0) is 25.7 Å². The highest BCUT2D eigenvalue weighted by Crippen LogP contribution is 2.32. The lowest BCUT2D eigenvalue weighted by atomic mass is 9.76. The number of nitrogens with zero attached hydrogens (tertiary/aromatic N) is 1. The van der Waals surface area contributed by atoms with Crippen LogP contribution in [-0.4, -0.2) is 35.0 Å². The maximum atomic E-state index is 12.4. The van der Waals surface area contributed by atoms with Crippen LogP contribution in [0.1, 0.15) is 66.7 Å². The highest BCUT2D eigenvalue weighted by Gasteiger charge is 2.39. The predicted octanol–water partition coefficient (Wildman–Crippen LogP) is 3.55. The summed E-state index contributed by atoms with van der Waals surface area (Å²) >= 11 is 0. The van der Waals surface area contributed by atoms with E-state index in [2.05, 4.69) is 13.8 Å². The molecule has 4 nitrogen and oxygen atoms in total. The van der Waals surface area contributed by atoms with Crippen molar-refractivity contribution in [2.75, 3.05) is 13.1 Å². The summed E-state index contributed by atoms with van der Waals surface area (Å²) in [6.45, 7) is 11.1. The van der Waals surface area contributed by atoms with Gasteiger partial charge < -0.3 is 10.0 Å². The van der Waals surface area contributed by atoms with Gasteiger partial charge in [-0.3, -0.25) is 9.59 Å². The van der Waals surface area contributed by atoms with Crippen molar-refractivity contribution in [3.63, 3.8) is 0 Å². The van der Waals surface area contributed by atoms with Gasteiger partial charge in [0.15, 0.2) is 0 Å². The highest BCUT2D eigenvalue weighted by molar-refractivity contribution is 5.85. The van der Waals surface area contributed by atoms with Crippen molar-refractivity contribution < 1.29 is 14.7 Å². The number of hydrogen-bond donors (Lipinski definition) is 1. The van der Waals surface area contributed by atoms with Crippen LogP contribution in [0.3, 0.4) is 0 Å². The molecule has 1 N–H and O–H groups in total. The highest BCUT2D eigenvalue weighted by atomic mass is 16.4. The molecule has 0 aliphatic carbocycles. The summed E-state index contributed by atoms with van der Waals surface area (Å²) in [5.74, 6) is -0.972. The quantitative estimate of drug-likeness (QED) is 0.667. The molecular formula is C16H31NO3. The van der Waals surface area contributed by atoms with Crippen molar-refractivity contribution >= 4 is 11.9 Å². The first-order valence-electron chi connectivity index (χ1n) is 7.80. The van der Waals surface area contributed by atoms with Gasteiger partial charge in [-0.1, -0.05) is 40.5 Å². The molecule has 0 spiro atoms. The second kappa shape index (κ2) is 8.98. The molecule has 0 heterocycles. The third-order valence-electron chi connectivity index (χ3n) is 4.20. The van der Waals surface area contributed by atoms with E-state index >= 15 is 0 Å². The molecule has 0 aliphatic heterocycles. The number of amides is 1. The first kappa shape index (κ1) is 18.9. The smallest absolute Gasteiger partial charge is 0.310 e. The first-order valence-corrected chi connectivity index (χ1v) is 7.80. The third kappa shape index (κ3) is 5.51. The summed E-state index contributed by atoms with van der Waals surface area (Å²) in [6.07, 6.45) is 4.11. The van der Waals surface area contributed by atoms with Gasteiger partial charge >= 0.3 is 5.97 Å². The van der Waals surface area contributed by atoms with E-state index in [1.807, 2.05) is 18.7 Å². The molecule has 0 aromatic heterocycles. The molecule has 1 atom stereocenters. The van der Waals surface area contributed by atoms with Gasteiger partial charge in [0.2, 0.25) is 5.91 Å². The van der Waals surface area contributed by atoms with Crippen LogP contribution in [0.5, 0.6) is 0 Å². The Balaban J connectivity index is 4.82. The Bertz CT molecular complexity index is 307. The largest absolute Gasteiger partial charge is 0.481 e. The fourth-order valence-electron chi connectivity index (χ4n) is 2.01. The first-order chi connectivity index (χ1) is 9.29. The number of carboxylic acid groups (broad SMARTS) is 1. The van der Waals surface area contributed by atoms with E-state index in [0.29, 0.717) is 0 Å². The predicted molar refractivity (Wildman–Crippen MR) is 81.6 cm³/mol. The van der Waals surface area contributed by atoms with Crippen molar-refractivity contribution in [2.45, 2.75) is 66.7 Å². The van der Waals surface area contributed by atoms with Crippen molar-refractivity contribution in [3.8, 4) is 0 Å². The Morgan fingerprint density at radius 3 is 1.85 bits per heavy atom. The standard InChI is InChI=1S/C16H31NO3/c1-6-8-10-17(11-9-7-2)14(18)12-16(5,13(3)4)15(19)20/h13H,6-12H2,1-5H3,(H,19,20). The van der Waals surface area contributed by atoms with Crippen LogP contribution >= 0.6 is 0 Å². The van der Waals surface area contributed by atoms with E-state index in [4.69, 9.17) is 0 Å². The van der Waals surface area contributed by atoms with Crippen molar-refractivity contribution in [2.24, 2.45) is 11.3 Å². The Kier molecular flexibility index (Phi) is 8.51. The number of hydrogen-bond acceptors (Lipinski definition) is 2. The fraction of sp³-hybridized carbons (Fsp3) is 0.875. The molecule has 0 saturated carbocycles. The average Bonchev–Trinajstić information content (AvgIpc) is 2.38. The molecule has 4 heteroatoms. The van der Waals surface area contributed by atoms with Crippen LogP contribution in [0.4, 0.5) is 0 Å². The minimum atomic E-state index is -0.978. The molecule has 0 rings (SSSR count). The van der Waals surface area contributed by atoms with Gasteiger partial charge in [0, 0.05) is 19.5 Å². The Morgan fingerprint density at radius 2 is 1.55 bits per heavy atom. The molecule has 0 radical (unpaired) electrons. The molecule has 0 aromatic carbocycles. The zero-order chi connectivity index (χ0) is 15.8. The number of rotatable bonds is 10. The van der Waals surface area contributed by atoms with E-state index < -0.39 is 11.4 Å². The van der Waals surface area contributed by atoms with Crippen LogP contribution in [0.2, 0.25) is 0 Å². The van der Waals surface area contributed by atoms with E-state index in [9.17, 15) is 14.7 Å². The zero-order valence-corrected chi connectivity index (χ0v) is 13.7. The van der Waals surface area contributed by atoms with E-state index in [1.165, 1.54) is 0 Å². The molecule has 118 valence electrons. The lowest BCUT2D eigenvalue weighted by Crippen LogP contribution is -2.41. The molecule has 0 fully saturated rings. The summed E-state index contributed by atoms with van der Waals surface area (Å²) in [4.78, 5) is 25.8. The van der Waals surface area contributed by atoms with E-state index in [0.717, 1.165) is 38.8 Å².